The topological polar surface area (TPSA) is 58.1 Å². The van der Waals surface area contributed by atoms with Crippen molar-refractivity contribution in [3.05, 3.63) is 83.7 Å². The summed E-state index contributed by atoms with van der Waals surface area (Å²) in [5.41, 5.74) is 3.68. The average Bonchev–Trinajstić information content (AvgIpc) is 2.68. The number of nitrogens with zero attached hydrogens (tertiary/aromatic N) is 3. The van der Waals surface area contributed by atoms with Crippen molar-refractivity contribution in [2.75, 3.05) is 5.32 Å². The number of aromatic nitrogens is 2. The molecule has 3 aromatic rings. The second-order valence-corrected chi connectivity index (χ2v) is 6.80. The van der Waals surface area contributed by atoms with Gasteiger partial charge in [-0.1, -0.05) is 48.0 Å². The SMILES string of the molecule is Cc1ccc(Nc2ncc(C(=O)N(Cc3ccccc3)C(C)C)cn2)cc1. The third-order valence-corrected chi connectivity index (χ3v) is 4.29. The normalized spacial score (nSPS) is 10.7. The number of carbonyl (C=O) groups is 1. The van der Waals surface area contributed by atoms with Gasteiger partial charge in [0.25, 0.3) is 5.91 Å². The molecule has 1 N–H and O–H groups in total. The molecule has 0 spiro atoms. The molecule has 0 fully saturated rings. The number of hydrogen-bond acceptors (Lipinski definition) is 4. The molecule has 5 nitrogen and oxygen atoms in total. The minimum Gasteiger partial charge on any atom is -0.332 e. The molecule has 0 saturated heterocycles. The van der Waals surface area contributed by atoms with Crippen molar-refractivity contribution in [1.29, 1.82) is 0 Å². The van der Waals surface area contributed by atoms with Crippen LogP contribution >= 0.6 is 0 Å². The predicted octanol–water partition coefficient (Wildman–Crippen LogP) is 4.58. The first-order chi connectivity index (χ1) is 13.0. The molecule has 27 heavy (non-hydrogen) atoms. The molecule has 5 heteroatoms. The summed E-state index contributed by atoms with van der Waals surface area (Å²) in [5.74, 6) is 0.394. The standard InChI is InChI=1S/C22H24N4O/c1-16(2)26(15-18-7-5-4-6-8-18)21(27)19-13-23-22(24-14-19)25-20-11-9-17(3)10-12-20/h4-14,16H,15H2,1-3H3,(H,23,24,25). The summed E-state index contributed by atoms with van der Waals surface area (Å²) in [6, 6.07) is 18.0. The first-order valence-corrected chi connectivity index (χ1v) is 9.03. The van der Waals surface area contributed by atoms with E-state index in [1.807, 2.05) is 80.3 Å². The number of nitrogens with one attached hydrogen (secondary N) is 1. The Kier molecular flexibility index (Phi) is 5.81. The van der Waals surface area contributed by atoms with Crippen molar-refractivity contribution in [1.82, 2.24) is 14.9 Å². The number of hydrogen-bond donors (Lipinski definition) is 1. The Labute approximate surface area is 160 Å². The molecule has 0 aliphatic carbocycles. The fourth-order valence-electron chi connectivity index (χ4n) is 2.70. The molecule has 0 atom stereocenters. The number of anilines is 2. The highest BCUT2D eigenvalue weighted by Crippen LogP contribution is 2.16. The first-order valence-electron chi connectivity index (χ1n) is 9.03. The van der Waals surface area contributed by atoms with Crippen LogP contribution in [0.15, 0.2) is 67.0 Å². The lowest BCUT2D eigenvalue weighted by molar-refractivity contribution is 0.0689. The maximum atomic E-state index is 12.9. The molecule has 0 unspecified atom stereocenters. The lowest BCUT2D eigenvalue weighted by Gasteiger charge is -2.26. The van der Waals surface area contributed by atoms with Crippen LogP contribution in [-0.4, -0.2) is 26.8 Å². The van der Waals surface area contributed by atoms with Gasteiger partial charge in [-0.2, -0.15) is 0 Å². The molecule has 2 aromatic carbocycles. The second kappa shape index (κ2) is 8.45. The number of aryl methyl sites for hydroxylation is 1. The number of amides is 1. The van der Waals surface area contributed by atoms with Crippen molar-refractivity contribution < 1.29 is 4.79 Å². The van der Waals surface area contributed by atoms with Crippen molar-refractivity contribution >= 4 is 17.5 Å². The van der Waals surface area contributed by atoms with Gasteiger partial charge in [0.1, 0.15) is 0 Å². The van der Waals surface area contributed by atoms with E-state index >= 15 is 0 Å². The van der Waals surface area contributed by atoms with Gasteiger partial charge in [0.15, 0.2) is 0 Å². The van der Waals surface area contributed by atoms with E-state index in [9.17, 15) is 4.79 Å². The van der Waals surface area contributed by atoms with Crippen molar-refractivity contribution in [3.8, 4) is 0 Å². The highest BCUT2D eigenvalue weighted by molar-refractivity contribution is 5.93. The maximum Gasteiger partial charge on any atom is 0.257 e. The van der Waals surface area contributed by atoms with Crippen molar-refractivity contribution in [2.45, 2.75) is 33.4 Å². The Morgan fingerprint density at radius 1 is 1.00 bits per heavy atom. The lowest BCUT2D eigenvalue weighted by atomic mass is 10.1. The summed E-state index contributed by atoms with van der Waals surface area (Å²) in [4.78, 5) is 23.3. The summed E-state index contributed by atoms with van der Waals surface area (Å²) < 4.78 is 0. The molecule has 0 saturated carbocycles. The zero-order chi connectivity index (χ0) is 19.2. The largest absolute Gasteiger partial charge is 0.332 e. The summed E-state index contributed by atoms with van der Waals surface area (Å²) in [5, 5.41) is 3.14. The van der Waals surface area contributed by atoms with Gasteiger partial charge < -0.3 is 10.2 Å². The van der Waals surface area contributed by atoms with Crippen LogP contribution in [0.5, 0.6) is 0 Å². The third-order valence-electron chi connectivity index (χ3n) is 4.29. The van der Waals surface area contributed by atoms with E-state index in [4.69, 9.17) is 0 Å². The molecule has 3 rings (SSSR count). The van der Waals surface area contributed by atoms with Crippen LogP contribution in [0.3, 0.4) is 0 Å². The highest BCUT2D eigenvalue weighted by atomic mass is 16.2. The third kappa shape index (κ3) is 4.91. The van der Waals surface area contributed by atoms with E-state index in [0.29, 0.717) is 18.1 Å². The molecule has 1 aromatic heterocycles. The Morgan fingerprint density at radius 3 is 2.22 bits per heavy atom. The van der Waals surface area contributed by atoms with E-state index in [0.717, 1.165) is 11.3 Å². The highest BCUT2D eigenvalue weighted by Gasteiger charge is 2.20. The first kappa shape index (κ1) is 18.6. The average molecular weight is 360 g/mol. The van der Waals surface area contributed by atoms with Crippen molar-refractivity contribution in [3.63, 3.8) is 0 Å². The zero-order valence-corrected chi connectivity index (χ0v) is 15.9. The predicted molar refractivity (Wildman–Crippen MR) is 108 cm³/mol. The Morgan fingerprint density at radius 2 is 1.63 bits per heavy atom. The van der Waals surface area contributed by atoms with Crippen LogP contribution in [0.2, 0.25) is 0 Å². The Balaban J connectivity index is 1.72. The minimum absolute atomic E-state index is 0.0723. The Hall–Kier alpha value is -3.21. The van der Waals surface area contributed by atoms with Crippen LogP contribution in [-0.2, 0) is 6.54 Å². The van der Waals surface area contributed by atoms with Gasteiger partial charge in [0.05, 0.1) is 5.56 Å². The van der Waals surface area contributed by atoms with E-state index in [2.05, 4.69) is 15.3 Å². The second-order valence-electron chi connectivity index (χ2n) is 6.80. The fraction of sp³-hybridized carbons (Fsp3) is 0.227. The van der Waals surface area contributed by atoms with Crippen LogP contribution < -0.4 is 5.32 Å². The van der Waals surface area contributed by atoms with Gasteiger partial charge in [-0.3, -0.25) is 4.79 Å². The molecule has 0 aliphatic heterocycles. The Bertz CT molecular complexity index is 874. The molecular formula is C22H24N4O. The molecular weight excluding hydrogens is 336 g/mol. The van der Waals surface area contributed by atoms with Gasteiger partial charge in [-0.15, -0.1) is 0 Å². The smallest absolute Gasteiger partial charge is 0.257 e. The molecule has 0 bridgehead atoms. The van der Waals surface area contributed by atoms with Crippen LogP contribution in [0, 0.1) is 6.92 Å². The summed E-state index contributed by atoms with van der Waals surface area (Å²) >= 11 is 0. The van der Waals surface area contributed by atoms with E-state index < -0.39 is 0 Å². The van der Waals surface area contributed by atoms with Crippen molar-refractivity contribution in [2.24, 2.45) is 0 Å². The van der Waals surface area contributed by atoms with Crippen LogP contribution in [0.1, 0.15) is 35.3 Å². The summed E-state index contributed by atoms with van der Waals surface area (Å²) in [7, 11) is 0. The molecule has 1 amide bonds. The van der Waals surface area contributed by atoms with Gasteiger partial charge >= 0.3 is 0 Å². The summed E-state index contributed by atoms with van der Waals surface area (Å²) in [6.07, 6.45) is 3.15. The molecule has 1 heterocycles. The fourth-order valence-corrected chi connectivity index (χ4v) is 2.70. The van der Waals surface area contributed by atoms with Gasteiger partial charge in [0.2, 0.25) is 5.95 Å². The number of benzene rings is 2. The minimum atomic E-state index is -0.0734. The maximum absolute atomic E-state index is 12.9. The monoisotopic (exact) mass is 360 g/mol. The van der Waals surface area contributed by atoms with Gasteiger partial charge in [0, 0.05) is 30.7 Å². The lowest BCUT2D eigenvalue weighted by Crippen LogP contribution is -2.36. The molecule has 0 aliphatic rings. The molecule has 0 radical (unpaired) electrons. The zero-order valence-electron chi connectivity index (χ0n) is 15.9. The van der Waals surface area contributed by atoms with Crippen LogP contribution in [0.25, 0.3) is 0 Å². The number of carbonyl (C=O) groups excluding carboxylic acids is 1. The number of rotatable bonds is 6. The quantitative estimate of drug-likeness (QED) is 0.699. The van der Waals surface area contributed by atoms with Gasteiger partial charge in [-0.25, -0.2) is 9.97 Å². The van der Waals surface area contributed by atoms with Gasteiger partial charge in [-0.05, 0) is 38.5 Å². The summed E-state index contributed by atoms with van der Waals surface area (Å²) in [6.45, 7) is 6.61. The van der Waals surface area contributed by atoms with E-state index in [-0.39, 0.29) is 11.9 Å². The van der Waals surface area contributed by atoms with E-state index in [1.54, 1.807) is 12.4 Å². The van der Waals surface area contributed by atoms with Crippen LogP contribution in [0.4, 0.5) is 11.6 Å². The molecule has 138 valence electrons. The van der Waals surface area contributed by atoms with E-state index in [1.165, 1.54) is 5.56 Å².